The Kier molecular flexibility index (Phi) is 4.90. The van der Waals surface area contributed by atoms with E-state index in [1.165, 1.54) is 0 Å². The smallest absolute Gasteiger partial charge is 0.851 e. The monoisotopic (exact) mass is 136 g/mol. The zero-order valence-electron chi connectivity index (χ0n) is 4.76. The average Bonchev–Trinajstić information content (AvgIpc) is 2.14. The molecule has 0 saturated carbocycles. The van der Waals surface area contributed by atoms with Crippen LogP contribution in [-0.4, -0.2) is 0 Å². The van der Waals surface area contributed by atoms with Gasteiger partial charge < -0.3 is 5.11 Å². The molecule has 0 saturated heterocycles. The van der Waals surface area contributed by atoms with Gasteiger partial charge in [-0.3, -0.25) is 0 Å². The van der Waals surface area contributed by atoms with Gasteiger partial charge >= 0.3 is 29.6 Å². The van der Waals surface area contributed by atoms with Gasteiger partial charge in [0, 0.05) is 0 Å². The second kappa shape index (κ2) is 4.53. The predicted molar refractivity (Wildman–Crippen MR) is 28.0 cm³/mol. The molecule has 1 nitrogen and oxygen atoms in total. The molecule has 0 radical (unpaired) electrons. The fourth-order valence-electron chi connectivity index (χ4n) is 0.375. The molecule has 1 heterocycles. The maximum absolute atomic E-state index is 10.00. The molecule has 0 unspecified atom stereocenters. The Morgan fingerprint density at radius 3 is 2.62 bits per heavy atom. The van der Waals surface area contributed by atoms with Crippen LogP contribution in [0, 0.1) is 0 Å². The molecule has 0 bridgehead atoms. The normalized spacial score (nSPS) is 8.12. The van der Waals surface area contributed by atoms with E-state index < -0.39 is 0 Å². The molecule has 0 atom stereocenters. The third kappa shape index (κ3) is 2.29. The summed E-state index contributed by atoms with van der Waals surface area (Å²) >= 11 is 1.56. The van der Waals surface area contributed by atoms with E-state index in [9.17, 15) is 5.11 Å². The van der Waals surface area contributed by atoms with Crippen molar-refractivity contribution < 1.29 is 34.7 Å². The van der Waals surface area contributed by atoms with E-state index in [1.807, 2.05) is 16.8 Å². The molecule has 1 aromatic rings. The van der Waals surface area contributed by atoms with E-state index in [0.29, 0.717) is 0 Å². The summed E-state index contributed by atoms with van der Waals surface area (Å²) in [7, 11) is 0. The first kappa shape index (κ1) is 8.66. The van der Waals surface area contributed by atoms with Crippen molar-refractivity contribution in [2.75, 3.05) is 0 Å². The van der Waals surface area contributed by atoms with Gasteiger partial charge in [-0.1, -0.05) is 5.56 Å². The number of rotatable bonds is 1. The maximum atomic E-state index is 10.00. The minimum absolute atomic E-state index is 0. The fourth-order valence-corrected chi connectivity index (χ4v) is 1.03. The number of thiophene rings is 1. The summed E-state index contributed by atoms with van der Waals surface area (Å²) in [5.41, 5.74) is 0.894. The van der Waals surface area contributed by atoms with Crippen LogP contribution in [-0.2, 0) is 6.61 Å². The standard InChI is InChI=1S/C5H5OS.Na/c6-3-5-1-2-7-4-5;/h1-2,4H,3H2;/q-1;+1. The molecule has 1 aromatic heterocycles. The van der Waals surface area contributed by atoms with Crippen LogP contribution in [0.4, 0.5) is 0 Å². The second-order valence-corrected chi connectivity index (χ2v) is 2.06. The number of hydrogen-bond acceptors (Lipinski definition) is 2. The van der Waals surface area contributed by atoms with Crippen LogP contribution < -0.4 is 34.7 Å². The zero-order chi connectivity index (χ0) is 5.11. The first-order valence-corrected chi connectivity index (χ1v) is 2.97. The maximum Gasteiger partial charge on any atom is 1.00 e. The van der Waals surface area contributed by atoms with E-state index in [1.54, 1.807) is 11.3 Å². The van der Waals surface area contributed by atoms with Crippen molar-refractivity contribution in [2.24, 2.45) is 0 Å². The van der Waals surface area contributed by atoms with Gasteiger partial charge in [-0.15, -0.1) is 6.61 Å². The van der Waals surface area contributed by atoms with Gasteiger partial charge in [-0.2, -0.15) is 11.3 Å². The minimum atomic E-state index is -0.0799. The zero-order valence-corrected chi connectivity index (χ0v) is 7.57. The van der Waals surface area contributed by atoms with Gasteiger partial charge in [-0.05, 0) is 16.8 Å². The average molecular weight is 136 g/mol. The summed E-state index contributed by atoms with van der Waals surface area (Å²) in [6.45, 7) is -0.0799. The van der Waals surface area contributed by atoms with Crippen molar-refractivity contribution in [3.8, 4) is 0 Å². The molecule has 8 heavy (non-hydrogen) atoms. The molecular formula is C5H5NaOS. The minimum Gasteiger partial charge on any atom is -0.851 e. The van der Waals surface area contributed by atoms with Crippen molar-refractivity contribution >= 4 is 11.3 Å². The Morgan fingerprint density at radius 2 is 2.38 bits per heavy atom. The van der Waals surface area contributed by atoms with Gasteiger partial charge in [0.05, 0.1) is 0 Å². The Balaban J connectivity index is 0.000000490. The molecule has 3 heteroatoms. The van der Waals surface area contributed by atoms with Crippen LogP contribution in [0.15, 0.2) is 16.8 Å². The Morgan fingerprint density at radius 1 is 1.62 bits per heavy atom. The summed E-state index contributed by atoms with van der Waals surface area (Å²) in [5, 5.41) is 13.8. The molecule has 0 amide bonds. The molecule has 38 valence electrons. The van der Waals surface area contributed by atoms with Gasteiger partial charge in [0.2, 0.25) is 0 Å². The number of hydrogen-bond donors (Lipinski definition) is 0. The molecule has 0 aliphatic rings. The summed E-state index contributed by atoms with van der Waals surface area (Å²) in [6.07, 6.45) is 0. The van der Waals surface area contributed by atoms with E-state index in [0.717, 1.165) is 5.56 Å². The molecular weight excluding hydrogens is 131 g/mol. The summed E-state index contributed by atoms with van der Waals surface area (Å²) in [5.74, 6) is 0. The summed E-state index contributed by atoms with van der Waals surface area (Å²) in [4.78, 5) is 0. The van der Waals surface area contributed by atoms with Crippen molar-refractivity contribution in [3.63, 3.8) is 0 Å². The van der Waals surface area contributed by atoms with Gasteiger partial charge in [0.1, 0.15) is 0 Å². The Labute approximate surface area is 74.6 Å². The van der Waals surface area contributed by atoms with Crippen LogP contribution in [0.5, 0.6) is 0 Å². The summed E-state index contributed by atoms with van der Waals surface area (Å²) in [6, 6.07) is 1.84. The Hall–Kier alpha value is 0.660. The largest absolute Gasteiger partial charge is 1.00 e. The first-order chi connectivity index (χ1) is 3.43. The van der Waals surface area contributed by atoms with Crippen LogP contribution in [0.1, 0.15) is 5.56 Å². The van der Waals surface area contributed by atoms with E-state index >= 15 is 0 Å². The van der Waals surface area contributed by atoms with Gasteiger partial charge in [-0.25, -0.2) is 0 Å². The van der Waals surface area contributed by atoms with Crippen molar-refractivity contribution in [2.45, 2.75) is 6.61 Å². The van der Waals surface area contributed by atoms with Gasteiger partial charge in [0.15, 0.2) is 0 Å². The third-order valence-corrected chi connectivity index (χ3v) is 1.48. The van der Waals surface area contributed by atoms with Crippen molar-refractivity contribution in [3.05, 3.63) is 22.4 Å². The fraction of sp³-hybridized carbons (Fsp3) is 0.200. The van der Waals surface area contributed by atoms with Crippen LogP contribution in [0.25, 0.3) is 0 Å². The molecule has 0 aliphatic heterocycles. The molecule has 0 fully saturated rings. The SMILES string of the molecule is [Na+].[O-]Cc1ccsc1. The van der Waals surface area contributed by atoms with Crippen LogP contribution in [0.2, 0.25) is 0 Å². The predicted octanol–water partition coefficient (Wildman–Crippen LogP) is -2.39. The van der Waals surface area contributed by atoms with E-state index in [-0.39, 0.29) is 36.2 Å². The third-order valence-electron chi connectivity index (χ3n) is 0.747. The molecule has 0 spiro atoms. The van der Waals surface area contributed by atoms with Crippen LogP contribution >= 0.6 is 11.3 Å². The molecule has 0 aromatic carbocycles. The van der Waals surface area contributed by atoms with Gasteiger partial charge in [0.25, 0.3) is 0 Å². The molecule has 1 rings (SSSR count). The summed E-state index contributed by atoms with van der Waals surface area (Å²) < 4.78 is 0. The van der Waals surface area contributed by atoms with Crippen molar-refractivity contribution in [1.82, 2.24) is 0 Å². The Bertz CT molecular complexity index is 127. The first-order valence-electron chi connectivity index (χ1n) is 2.02. The van der Waals surface area contributed by atoms with E-state index in [2.05, 4.69) is 0 Å². The molecule has 0 aliphatic carbocycles. The second-order valence-electron chi connectivity index (χ2n) is 1.28. The quantitative estimate of drug-likeness (QED) is 0.395. The molecule has 0 N–H and O–H groups in total. The topological polar surface area (TPSA) is 23.1 Å². The van der Waals surface area contributed by atoms with E-state index in [4.69, 9.17) is 0 Å². The van der Waals surface area contributed by atoms with Crippen LogP contribution in [0.3, 0.4) is 0 Å². The van der Waals surface area contributed by atoms with Crippen molar-refractivity contribution in [1.29, 1.82) is 0 Å².